The number of nitrogens with zero attached hydrogens (tertiary/aromatic N) is 4. The van der Waals surface area contributed by atoms with Gasteiger partial charge in [0.25, 0.3) is 11.8 Å². The Morgan fingerprint density at radius 1 is 1.16 bits per heavy atom. The highest BCUT2D eigenvalue weighted by atomic mass is 32.1. The van der Waals surface area contributed by atoms with Crippen molar-refractivity contribution in [2.75, 3.05) is 9.80 Å². The van der Waals surface area contributed by atoms with Crippen molar-refractivity contribution >= 4 is 40.5 Å². The molecule has 1 N–H and O–H groups in total. The molecule has 3 aromatic rings. The minimum Gasteiger partial charge on any atom is -0.348 e. The first kappa shape index (κ1) is 26.7. The molecular weight excluding hydrogens is 522 g/mol. The number of halogens is 4. The van der Waals surface area contributed by atoms with E-state index in [0.717, 1.165) is 17.0 Å². The van der Waals surface area contributed by atoms with Crippen LogP contribution in [0.1, 0.15) is 40.9 Å². The maximum Gasteiger partial charge on any atom is 0.417 e. The molecule has 7 nitrogen and oxygen atoms in total. The van der Waals surface area contributed by atoms with Crippen molar-refractivity contribution in [3.8, 4) is 6.07 Å². The van der Waals surface area contributed by atoms with Gasteiger partial charge in [-0.25, -0.2) is 4.39 Å². The van der Waals surface area contributed by atoms with Crippen LogP contribution in [-0.4, -0.2) is 27.4 Å². The van der Waals surface area contributed by atoms with Crippen LogP contribution in [-0.2, 0) is 17.5 Å². The lowest BCUT2D eigenvalue weighted by molar-refractivity contribution is -0.137. The third kappa shape index (κ3) is 4.80. The molecule has 1 aliphatic rings. The molecule has 0 saturated carbocycles. The number of nitriles is 1. The van der Waals surface area contributed by atoms with Crippen molar-refractivity contribution in [2.24, 2.45) is 0 Å². The summed E-state index contributed by atoms with van der Waals surface area (Å²) < 4.78 is 55.6. The molecular formula is C26H19F4N5O2S. The second-order valence-electron chi connectivity index (χ2n) is 8.86. The average Bonchev–Trinajstić information content (AvgIpc) is 3.05. The number of pyridine rings is 1. The van der Waals surface area contributed by atoms with E-state index in [9.17, 15) is 22.8 Å². The van der Waals surface area contributed by atoms with E-state index in [1.807, 2.05) is 0 Å². The van der Waals surface area contributed by atoms with E-state index >= 15 is 4.39 Å². The van der Waals surface area contributed by atoms with Gasteiger partial charge < -0.3 is 10.2 Å². The van der Waals surface area contributed by atoms with Crippen molar-refractivity contribution in [1.82, 2.24) is 10.3 Å². The molecule has 0 bridgehead atoms. The van der Waals surface area contributed by atoms with E-state index in [4.69, 9.17) is 17.5 Å². The summed E-state index contributed by atoms with van der Waals surface area (Å²) in [7, 11) is 0. The zero-order valence-corrected chi connectivity index (χ0v) is 20.8. The van der Waals surface area contributed by atoms with Crippen molar-refractivity contribution in [1.29, 1.82) is 5.26 Å². The van der Waals surface area contributed by atoms with Crippen LogP contribution in [0.15, 0.2) is 60.9 Å². The third-order valence-corrected chi connectivity index (χ3v) is 6.38. The van der Waals surface area contributed by atoms with Gasteiger partial charge in [-0.3, -0.25) is 19.5 Å². The summed E-state index contributed by atoms with van der Waals surface area (Å²) >= 11 is 5.46. The van der Waals surface area contributed by atoms with Gasteiger partial charge in [-0.1, -0.05) is 6.07 Å². The highest BCUT2D eigenvalue weighted by Gasteiger charge is 2.50. The van der Waals surface area contributed by atoms with Crippen LogP contribution in [0.25, 0.3) is 0 Å². The second-order valence-corrected chi connectivity index (χ2v) is 9.22. The number of alkyl halides is 3. The minimum atomic E-state index is -4.83. The Balaban J connectivity index is 1.62. The monoisotopic (exact) mass is 541 g/mol. The molecule has 2 aromatic carbocycles. The number of thiocarbonyl (C=S) groups is 1. The fourth-order valence-electron chi connectivity index (χ4n) is 4.05. The minimum absolute atomic E-state index is 0.121. The summed E-state index contributed by atoms with van der Waals surface area (Å²) in [4.78, 5) is 31.7. The lowest BCUT2D eigenvalue weighted by Gasteiger charge is -2.29. The fraction of sp³-hybridized carbons (Fsp3) is 0.192. The number of carbonyl (C=O) groups is 2. The molecule has 1 saturated heterocycles. The SMILES string of the molecule is CC1(C)C(=O)N(c2ccc(C#N)c(C(F)(F)F)c2)C(=S)N1c1ccc(CNC(=O)c2cccnc2)c(F)c1. The van der Waals surface area contributed by atoms with Gasteiger partial charge in [0, 0.05) is 30.2 Å². The van der Waals surface area contributed by atoms with Gasteiger partial charge in [0.15, 0.2) is 5.11 Å². The second kappa shape index (κ2) is 9.83. The first-order chi connectivity index (χ1) is 17.9. The van der Waals surface area contributed by atoms with E-state index in [1.165, 1.54) is 55.4 Å². The first-order valence-corrected chi connectivity index (χ1v) is 11.5. The maximum absolute atomic E-state index is 15.0. The number of hydrogen-bond donors (Lipinski definition) is 1. The Bertz CT molecular complexity index is 1490. The number of hydrogen-bond acceptors (Lipinski definition) is 5. The molecule has 0 spiro atoms. The smallest absolute Gasteiger partial charge is 0.348 e. The summed E-state index contributed by atoms with van der Waals surface area (Å²) in [5, 5.41) is 11.5. The van der Waals surface area contributed by atoms with Gasteiger partial charge in [-0.2, -0.15) is 18.4 Å². The lowest BCUT2D eigenvalue weighted by Crippen LogP contribution is -2.44. The van der Waals surface area contributed by atoms with Crippen molar-refractivity contribution in [2.45, 2.75) is 32.1 Å². The topological polar surface area (TPSA) is 89.3 Å². The summed E-state index contributed by atoms with van der Waals surface area (Å²) in [5.41, 5.74) is -2.66. The van der Waals surface area contributed by atoms with Crippen LogP contribution in [0, 0.1) is 17.1 Å². The highest BCUT2D eigenvalue weighted by molar-refractivity contribution is 7.81. The molecule has 2 amide bonds. The highest BCUT2D eigenvalue weighted by Crippen LogP contribution is 2.39. The van der Waals surface area contributed by atoms with Gasteiger partial charge in [0.05, 0.1) is 28.4 Å². The van der Waals surface area contributed by atoms with Gasteiger partial charge in [0.2, 0.25) is 0 Å². The Morgan fingerprint density at radius 3 is 2.47 bits per heavy atom. The summed E-state index contributed by atoms with van der Waals surface area (Å²) in [6.45, 7) is 2.90. The van der Waals surface area contributed by atoms with E-state index < -0.39 is 40.5 Å². The molecule has 0 aliphatic carbocycles. The van der Waals surface area contributed by atoms with E-state index in [1.54, 1.807) is 12.1 Å². The van der Waals surface area contributed by atoms with Crippen LogP contribution < -0.4 is 15.1 Å². The average molecular weight is 542 g/mol. The summed E-state index contributed by atoms with van der Waals surface area (Å²) in [5.74, 6) is -1.75. The van der Waals surface area contributed by atoms with E-state index in [0.29, 0.717) is 11.6 Å². The normalized spacial score (nSPS) is 15.0. The Labute approximate surface area is 220 Å². The molecule has 194 valence electrons. The zero-order valence-electron chi connectivity index (χ0n) is 20.0. The number of amides is 2. The Hall–Kier alpha value is -4.37. The van der Waals surface area contributed by atoms with Crippen molar-refractivity contribution in [3.05, 3.63) is 89.0 Å². The number of aromatic nitrogens is 1. The number of nitrogens with one attached hydrogen (secondary N) is 1. The quantitative estimate of drug-likeness (QED) is 0.363. The standard InChI is InChI=1S/C26H19F4N5O2S/c1-25(2)23(37)34(18-7-5-15(12-31)20(10-18)26(28,29)30)24(38)35(25)19-8-6-16(21(27)11-19)14-33-22(36)17-4-3-9-32-13-17/h3-11,13H,14H2,1-2H3,(H,33,36). The van der Waals surface area contributed by atoms with Gasteiger partial charge in [-0.05, 0) is 68.5 Å². The molecule has 1 aliphatic heterocycles. The molecule has 1 aromatic heterocycles. The Kier molecular flexibility index (Phi) is 6.90. The first-order valence-electron chi connectivity index (χ1n) is 11.1. The lowest BCUT2D eigenvalue weighted by atomic mass is 10.0. The van der Waals surface area contributed by atoms with Crippen molar-refractivity contribution in [3.63, 3.8) is 0 Å². The van der Waals surface area contributed by atoms with Crippen LogP contribution in [0.4, 0.5) is 28.9 Å². The van der Waals surface area contributed by atoms with Gasteiger partial charge in [-0.15, -0.1) is 0 Å². The molecule has 38 heavy (non-hydrogen) atoms. The summed E-state index contributed by atoms with van der Waals surface area (Å²) in [6.07, 6.45) is -1.94. The summed E-state index contributed by atoms with van der Waals surface area (Å²) in [6, 6.07) is 11.6. The van der Waals surface area contributed by atoms with Gasteiger partial charge >= 0.3 is 6.18 Å². The zero-order chi connectivity index (χ0) is 27.8. The molecule has 0 unspecified atom stereocenters. The molecule has 1 fully saturated rings. The predicted octanol–water partition coefficient (Wildman–Crippen LogP) is 4.96. The molecule has 12 heteroatoms. The third-order valence-electron chi connectivity index (χ3n) is 6.01. The van der Waals surface area contributed by atoms with Crippen LogP contribution in [0.2, 0.25) is 0 Å². The van der Waals surface area contributed by atoms with Crippen LogP contribution in [0.3, 0.4) is 0 Å². The number of anilines is 2. The Morgan fingerprint density at radius 2 is 1.87 bits per heavy atom. The van der Waals surface area contributed by atoms with Crippen LogP contribution in [0.5, 0.6) is 0 Å². The molecule has 2 heterocycles. The number of rotatable bonds is 5. The molecule has 0 atom stereocenters. The number of carbonyl (C=O) groups excluding carboxylic acids is 2. The van der Waals surface area contributed by atoms with E-state index in [-0.39, 0.29) is 28.6 Å². The van der Waals surface area contributed by atoms with E-state index in [2.05, 4.69) is 10.3 Å². The van der Waals surface area contributed by atoms with Crippen LogP contribution >= 0.6 is 12.2 Å². The van der Waals surface area contributed by atoms with Crippen molar-refractivity contribution < 1.29 is 27.2 Å². The largest absolute Gasteiger partial charge is 0.417 e. The number of benzene rings is 2. The molecule has 0 radical (unpaired) electrons. The molecule has 4 rings (SSSR count). The van der Waals surface area contributed by atoms with Gasteiger partial charge in [0.1, 0.15) is 11.4 Å². The maximum atomic E-state index is 15.0. The fourth-order valence-corrected chi connectivity index (χ4v) is 4.57. The predicted molar refractivity (Wildman–Crippen MR) is 135 cm³/mol.